The Bertz CT molecular complexity index is 1320. The Hall–Kier alpha value is -3.29. The molecule has 1 fully saturated rings. The van der Waals surface area contributed by atoms with Crippen LogP contribution in [0, 0.1) is 0 Å². The summed E-state index contributed by atoms with van der Waals surface area (Å²) >= 11 is 0. The maximum Gasteiger partial charge on any atom is 0.339 e. The van der Waals surface area contributed by atoms with Crippen LogP contribution in [0.3, 0.4) is 0 Å². The standard InChI is InChI=1S/C29H32N2O4Si/c1-4-34-28(32)23-19-25(20-15-16-20)30-27-26(23)24(31-35-27)17-18-29(2,3)36(33,21-11-7-5-8-12-21)22-13-9-6-10-14-22/h5-14,19-20,33H,4,15-18H2,1-3H3. The average Bonchev–Trinajstić information content (AvgIpc) is 3.67. The molecule has 2 aromatic carbocycles. The van der Waals surface area contributed by atoms with Gasteiger partial charge in [0.25, 0.3) is 14.0 Å². The first-order chi connectivity index (χ1) is 17.3. The minimum absolute atomic E-state index is 0.293. The molecule has 36 heavy (non-hydrogen) atoms. The van der Waals surface area contributed by atoms with Gasteiger partial charge in [-0.05, 0) is 54.1 Å². The van der Waals surface area contributed by atoms with Crippen molar-refractivity contribution < 1.29 is 18.9 Å². The lowest BCUT2D eigenvalue weighted by Gasteiger charge is -2.41. The highest BCUT2D eigenvalue weighted by atomic mass is 28.4. The first-order valence-electron chi connectivity index (χ1n) is 12.6. The van der Waals surface area contributed by atoms with E-state index in [1.54, 1.807) is 6.92 Å². The van der Waals surface area contributed by atoms with E-state index in [9.17, 15) is 9.59 Å². The molecule has 1 N–H and O–H groups in total. The van der Waals surface area contributed by atoms with Crippen LogP contribution >= 0.6 is 0 Å². The highest BCUT2D eigenvalue weighted by Gasteiger charge is 2.49. The molecule has 0 saturated heterocycles. The van der Waals surface area contributed by atoms with Crippen molar-refractivity contribution in [1.29, 1.82) is 0 Å². The second-order valence-corrected chi connectivity index (χ2v) is 14.2. The molecule has 1 aliphatic rings. The minimum Gasteiger partial charge on any atom is -0.462 e. The van der Waals surface area contributed by atoms with Gasteiger partial charge in [-0.1, -0.05) is 79.7 Å². The topological polar surface area (TPSA) is 85.5 Å². The van der Waals surface area contributed by atoms with Crippen molar-refractivity contribution in [2.75, 3.05) is 6.61 Å². The van der Waals surface area contributed by atoms with E-state index in [1.807, 2.05) is 66.7 Å². The average molecular weight is 501 g/mol. The fourth-order valence-electron chi connectivity index (χ4n) is 5.08. The first-order valence-corrected chi connectivity index (χ1v) is 14.6. The maximum atomic E-state index is 12.9. The van der Waals surface area contributed by atoms with Gasteiger partial charge in [-0.2, -0.15) is 0 Å². The Morgan fingerprint density at radius 3 is 2.25 bits per heavy atom. The lowest BCUT2D eigenvalue weighted by molar-refractivity contribution is 0.0528. The molecule has 0 amide bonds. The van der Waals surface area contributed by atoms with Crippen molar-refractivity contribution in [1.82, 2.24) is 10.1 Å². The van der Waals surface area contributed by atoms with Crippen molar-refractivity contribution in [2.24, 2.45) is 0 Å². The zero-order valence-corrected chi connectivity index (χ0v) is 22.0. The SMILES string of the molecule is CCOC(=O)c1cc(C2CC2)nc2onc(CCC(C)(C)[Si](O)(c3ccccc3)c3ccccc3)c12. The summed E-state index contributed by atoms with van der Waals surface area (Å²) < 4.78 is 11.0. The number of pyridine rings is 1. The van der Waals surface area contributed by atoms with E-state index in [0.717, 1.165) is 28.9 Å². The Morgan fingerprint density at radius 1 is 1.08 bits per heavy atom. The van der Waals surface area contributed by atoms with Gasteiger partial charge in [0.15, 0.2) is 0 Å². The summed E-state index contributed by atoms with van der Waals surface area (Å²) in [4.78, 5) is 30.0. The van der Waals surface area contributed by atoms with E-state index < -0.39 is 13.4 Å². The van der Waals surface area contributed by atoms with Crippen LogP contribution in [-0.2, 0) is 11.2 Å². The molecule has 7 heteroatoms. The van der Waals surface area contributed by atoms with E-state index in [4.69, 9.17) is 9.26 Å². The van der Waals surface area contributed by atoms with Crippen LogP contribution in [0.25, 0.3) is 11.1 Å². The summed E-state index contributed by atoms with van der Waals surface area (Å²) in [6.45, 7) is 6.34. The number of benzene rings is 2. The van der Waals surface area contributed by atoms with Gasteiger partial charge in [0.1, 0.15) is 0 Å². The predicted molar refractivity (Wildman–Crippen MR) is 142 cm³/mol. The third-order valence-electron chi connectivity index (χ3n) is 7.38. The third-order valence-corrected chi connectivity index (χ3v) is 11.9. The van der Waals surface area contributed by atoms with Crippen molar-refractivity contribution in [2.45, 2.75) is 57.4 Å². The van der Waals surface area contributed by atoms with Crippen molar-refractivity contribution in [3.8, 4) is 0 Å². The van der Waals surface area contributed by atoms with Crippen molar-refractivity contribution in [3.05, 3.63) is 83.7 Å². The number of carbonyl (C=O) groups excluding carboxylic acids is 1. The summed E-state index contributed by atoms with van der Waals surface area (Å²) in [5.74, 6) is -0.0113. The second kappa shape index (κ2) is 9.63. The summed E-state index contributed by atoms with van der Waals surface area (Å²) in [5, 5.41) is 6.44. The number of aromatic nitrogens is 2. The molecule has 4 aromatic rings. The number of rotatable bonds is 9. The molecule has 5 rings (SSSR count). The highest BCUT2D eigenvalue weighted by molar-refractivity contribution is 6.98. The number of hydrogen-bond acceptors (Lipinski definition) is 6. The van der Waals surface area contributed by atoms with E-state index in [2.05, 4.69) is 24.0 Å². The van der Waals surface area contributed by atoms with Gasteiger partial charge in [0.05, 0.1) is 23.3 Å². The number of ether oxygens (including phenoxy) is 1. The van der Waals surface area contributed by atoms with Crippen molar-refractivity contribution in [3.63, 3.8) is 0 Å². The summed E-state index contributed by atoms with van der Waals surface area (Å²) in [6, 6.07) is 21.8. The molecule has 0 unspecified atom stereocenters. The summed E-state index contributed by atoms with van der Waals surface area (Å²) in [5.41, 5.74) is 2.39. The largest absolute Gasteiger partial charge is 0.462 e. The Balaban J connectivity index is 1.52. The van der Waals surface area contributed by atoms with E-state index >= 15 is 0 Å². The first kappa shape index (κ1) is 24.4. The number of aryl methyl sites for hydroxylation is 1. The smallest absolute Gasteiger partial charge is 0.339 e. The number of carbonyl (C=O) groups is 1. The molecule has 0 radical (unpaired) electrons. The summed E-state index contributed by atoms with van der Waals surface area (Å²) in [7, 11) is -3.16. The maximum absolute atomic E-state index is 12.9. The van der Waals surface area contributed by atoms with Crippen molar-refractivity contribution >= 4 is 35.8 Å². The summed E-state index contributed by atoms with van der Waals surface area (Å²) in [6.07, 6.45) is 3.32. The Morgan fingerprint density at radius 2 is 1.69 bits per heavy atom. The van der Waals surface area contributed by atoms with Gasteiger partial charge in [-0.15, -0.1) is 0 Å². The molecule has 2 heterocycles. The predicted octanol–water partition coefficient (Wildman–Crippen LogP) is 4.74. The quantitative estimate of drug-likeness (QED) is 0.264. The van der Waals surface area contributed by atoms with Gasteiger partial charge >= 0.3 is 5.97 Å². The van der Waals surface area contributed by atoms with Gasteiger partial charge in [-0.25, -0.2) is 9.78 Å². The molecule has 2 aromatic heterocycles. The normalized spacial score (nSPS) is 14.2. The molecule has 1 saturated carbocycles. The van der Waals surface area contributed by atoms with E-state index in [-0.39, 0.29) is 5.97 Å². The van der Waals surface area contributed by atoms with E-state index in [1.165, 1.54) is 0 Å². The Labute approximate surface area is 212 Å². The molecule has 1 aliphatic carbocycles. The second-order valence-electron chi connectivity index (χ2n) is 10.2. The molecule has 186 valence electrons. The lowest BCUT2D eigenvalue weighted by Crippen LogP contribution is -2.65. The van der Waals surface area contributed by atoms with Gasteiger partial charge in [-0.3, -0.25) is 0 Å². The van der Waals surface area contributed by atoms with Crippen LogP contribution in [-0.4, -0.2) is 35.8 Å². The molecule has 0 bridgehead atoms. The van der Waals surface area contributed by atoms with Crippen LogP contribution in [0.5, 0.6) is 0 Å². The van der Waals surface area contributed by atoms with Gasteiger partial charge in [0, 0.05) is 11.6 Å². The molecular weight excluding hydrogens is 468 g/mol. The number of fused-ring (bicyclic) bond motifs is 1. The zero-order chi connectivity index (χ0) is 25.3. The van der Waals surface area contributed by atoms with Crippen LogP contribution in [0.15, 0.2) is 71.3 Å². The van der Waals surface area contributed by atoms with Crippen LogP contribution in [0.2, 0.25) is 5.04 Å². The molecule has 6 nitrogen and oxygen atoms in total. The van der Waals surface area contributed by atoms with Gasteiger partial charge < -0.3 is 14.1 Å². The van der Waals surface area contributed by atoms with Crippen LogP contribution in [0.1, 0.15) is 67.7 Å². The molecule has 0 spiro atoms. The molecule has 0 atom stereocenters. The van der Waals surface area contributed by atoms with Crippen LogP contribution < -0.4 is 10.4 Å². The van der Waals surface area contributed by atoms with E-state index in [0.29, 0.717) is 47.7 Å². The molecular formula is C29H32N2O4Si. The Kier molecular flexibility index (Phi) is 6.53. The lowest BCUT2D eigenvalue weighted by atomic mass is 10.0. The molecule has 0 aliphatic heterocycles. The fourth-order valence-corrected chi connectivity index (χ4v) is 8.81. The highest BCUT2D eigenvalue weighted by Crippen LogP contribution is 2.42. The monoisotopic (exact) mass is 500 g/mol. The third kappa shape index (κ3) is 4.37. The van der Waals surface area contributed by atoms with Gasteiger partial charge in [0.2, 0.25) is 0 Å². The number of nitrogens with zero attached hydrogens (tertiary/aromatic N) is 2. The van der Waals surface area contributed by atoms with Crippen LogP contribution in [0.4, 0.5) is 0 Å². The fraction of sp³-hybridized carbons (Fsp3) is 0.345. The number of esters is 1. The minimum atomic E-state index is -3.16. The zero-order valence-electron chi connectivity index (χ0n) is 21.0. The number of hydrogen-bond donors (Lipinski definition) is 1.